The monoisotopic (exact) mass is 499 g/mol. The summed E-state index contributed by atoms with van der Waals surface area (Å²) < 4.78 is 41.3. The molecule has 1 aromatic carbocycles. The SMILES string of the molecule is CN=C(NCCOCCS(C)(=O)=O)NCC1(c2ccccc2F)CC1.I. The lowest BCUT2D eigenvalue weighted by Crippen LogP contribution is -2.42. The number of rotatable bonds is 9. The highest BCUT2D eigenvalue weighted by Gasteiger charge is 2.45. The third kappa shape index (κ3) is 7.36. The molecule has 0 aliphatic heterocycles. The molecule has 0 spiro atoms. The Morgan fingerprint density at radius 1 is 1.27 bits per heavy atom. The maximum absolute atomic E-state index is 14.0. The Bertz CT molecular complexity index is 709. The second kappa shape index (κ2) is 10.4. The van der Waals surface area contributed by atoms with E-state index in [9.17, 15) is 12.8 Å². The molecule has 1 saturated carbocycles. The van der Waals surface area contributed by atoms with Crippen molar-refractivity contribution in [1.29, 1.82) is 0 Å². The van der Waals surface area contributed by atoms with Crippen LogP contribution in [0.15, 0.2) is 29.3 Å². The minimum absolute atomic E-state index is 0. The fourth-order valence-electron chi connectivity index (χ4n) is 2.61. The van der Waals surface area contributed by atoms with Crippen LogP contribution in [-0.2, 0) is 20.0 Å². The molecule has 6 nitrogen and oxygen atoms in total. The van der Waals surface area contributed by atoms with Gasteiger partial charge in [-0.15, -0.1) is 24.0 Å². The summed E-state index contributed by atoms with van der Waals surface area (Å²) in [5.74, 6) is 0.476. The van der Waals surface area contributed by atoms with E-state index in [-0.39, 0.29) is 47.6 Å². The van der Waals surface area contributed by atoms with Crippen LogP contribution in [0, 0.1) is 5.82 Å². The second-order valence-electron chi connectivity index (χ2n) is 6.35. The second-order valence-corrected chi connectivity index (χ2v) is 8.61. The molecule has 1 fully saturated rings. The average molecular weight is 499 g/mol. The van der Waals surface area contributed by atoms with E-state index in [1.54, 1.807) is 13.1 Å². The number of sulfone groups is 1. The maximum Gasteiger partial charge on any atom is 0.191 e. The molecule has 1 aromatic rings. The summed E-state index contributed by atoms with van der Waals surface area (Å²) in [6.45, 7) is 1.69. The lowest BCUT2D eigenvalue weighted by molar-refractivity contribution is 0.154. The van der Waals surface area contributed by atoms with Gasteiger partial charge in [0, 0.05) is 31.8 Å². The van der Waals surface area contributed by atoms with E-state index in [4.69, 9.17) is 4.74 Å². The zero-order valence-corrected chi connectivity index (χ0v) is 18.3. The van der Waals surface area contributed by atoms with Gasteiger partial charge in [0.1, 0.15) is 15.7 Å². The summed E-state index contributed by atoms with van der Waals surface area (Å²) in [5, 5.41) is 6.34. The van der Waals surface area contributed by atoms with Gasteiger partial charge in [0.25, 0.3) is 0 Å². The first-order valence-electron chi connectivity index (χ1n) is 8.31. The Kier molecular flexibility index (Phi) is 9.25. The highest BCUT2D eigenvalue weighted by atomic mass is 127. The predicted octanol–water partition coefficient (Wildman–Crippen LogP) is 1.70. The van der Waals surface area contributed by atoms with Crippen LogP contribution in [0.25, 0.3) is 0 Å². The maximum atomic E-state index is 14.0. The van der Waals surface area contributed by atoms with Gasteiger partial charge in [-0.25, -0.2) is 12.8 Å². The van der Waals surface area contributed by atoms with Crippen LogP contribution in [-0.4, -0.2) is 59.7 Å². The first-order valence-corrected chi connectivity index (χ1v) is 10.4. The molecule has 9 heteroatoms. The van der Waals surface area contributed by atoms with E-state index < -0.39 is 9.84 Å². The Balaban J connectivity index is 0.00000338. The molecule has 1 aliphatic rings. The molecule has 2 N–H and O–H groups in total. The molecular formula is C17H27FIN3O3S. The van der Waals surface area contributed by atoms with Gasteiger partial charge in [0.2, 0.25) is 0 Å². The highest BCUT2D eigenvalue weighted by molar-refractivity contribution is 14.0. The van der Waals surface area contributed by atoms with Gasteiger partial charge in [-0.3, -0.25) is 4.99 Å². The van der Waals surface area contributed by atoms with Crippen molar-refractivity contribution in [3.63, 3.8) is 0 Å². The van der Waals surface area contributed by atoms with Gasteiger partial charge < -0.3 is 15.4 Å². The third-order valence-corrected chi connectivity index (χ3v) is 5.16. The van der Waals surface area contributed by atoms with Crippen LogP contribution in [0.3, 0.4) is 0 Å². The molecule has 0 heterocycles. The number of guanidine groups is 1. The third-order valence-electron chi connectivity index (χ3n) is 4.25. The first kappa shape index (κ1) is 23.1. The number of hydrogen-bond acceptors (Lipinski definition) is 4. The molecule has 26 heavy (non-hydrogen) atoms. The van der Waals surface area contributed by atoms with E-state index in [0.717, 1.165) is 18.4 Å². The predicted molar refractivity (Wildman–Crippen MR) is 113 cm³/mol. The van der Waals surface area contributed by atoms with Crippen molar-refractivity contribution >= 4 is 39.8 Å². The molecular weight excluding hydrogens is 472 g/mol. The molecule has 0 aromatic heterocycles. The average Bonchev–Trinajstić information content (AvgIpc) is 3.34. The summed E-state index contributed by atoms with van der Waals surface area (Å²) in [7, 11) is -1.32. The lowest BCUT2D eigenvalue weighted by atomic mass is 9.95. The minimum atomic E-state index is -2.99. The van der Waals surface area contributed by atoms with Crippen molar-refractivity contribution in [1.82, 2.24) is 10.6 Å². The minimum Gasteiger partial charge on any atom is -0.379 e. The van der Waals surface area contributed by atoms with Gasteiger partial charge in [-0.1, -0.05) is 18.2 Å². The topological polar surface area (TPSA) is 79.8 Å². The number of benzene rings is 1. The van der Waals surface area contributed by atoms with Crippen LogP contribution >= 0.6 is 24.0 Å². The molecule has 0 atom stereocenters. The molecule has 2 rings (SSSR count). The number of hydrogen-bond donors (Lipinski definition) is 2. The number of halogens is 2. The van der Waals surface area contributed by atoms with Crippen LogP contribution in [0.4, 0.5) is 4.39 Å². The van der Waals surface area contributed by atoms with Gasteiger partial charge >= 0.3 is 0 Å². The van der Waals surface area contributed by atoms with Gasteiger partial charge in [-0.05, 0) is 24.5 Å². The largest absolute Gasteiger partial charge is 0.379 e. The van der Waals surface area contributed by atoms with Gasteiger partial charge in [0.05, 0.1) is 19.0 Å². The number of aliphatic imine (C=N–C) groups is 1. The Labute approximate surface area is 171 Å². The normalized spacial score (nSPS) is 15.9. The molecule has 0 unspecified atom stereocenters. The summed E-state index contributed by atoms with van der Waals surface area (Å²) in [4.78, 5) is 4.14. The van der Waals surface area contributed by atoms with Crippen molar-refractivity contribution in [2.45, 2.75) is 18.3 Å². The molecule has 0 bridgehead atoms. The van der Waals surface area contributed by atoms with E-state index in [1.807, 2.05) is 12.1 Å². The van der Waals surface area contributed by atoms with Crippen molar-refractivity contribution in [3.05, 3.63) is 35.6 Å². The molecule has 0 amide bonds. The van der Waals surface area contributed by atoms with Crippen molar-refractivity contribution in [3.8, 4) is 0 Å². The number of nitrogens with one attached hydrogen (secondary N) is 2. The summed E-state index contributed by atoms with van der Waals surface area (Å²) in [5.41, 5.74) is 0.594. The molecule has 0 saturated heterocycles. The number of nitrogens with zero attached hydrogens (tertiary/aromatic N) is 1. The van der Waals surface area contributed by atoms with E-state index >= 15 is 0 Å². The lowest BCUT2D eigenvalue weighted by Gasteiger charge is -2.19. The van der Waals surface area contributed by atoms with Crippen LogP contribution in [0.5, 0.6) is 0 Å². The summed E-state index contributed by atoms with van der Waals surface area (Å²) >= 11 is 0. The molecule has 0 radical (unpaired) electrons. The summed E-state index contributed by atoms with van der Waals surface area (Å²) in [6.07, 6.45) is 3.09. The zero-order chi connectivity index (χ0) is 18.3. The molecule has 148 valence electrons. The zero-order valence-electron chi connectivity index (χ0n) is 15.1. The van der Waals surface area contributed by atoms with Crippen molar-refractivity contribution in [2.75, 3.05) is 45.4 Å². The fourth-order valence-corrected chi connectivity index (χ4v) is 3.03. The number of ether oxygens (including phenoxy) is 1. The quantitative estimate of drug-likeness (QED) is 0.234. The Morgan fingerprint density at radius 3 is 2.54 bits per heavy atom. The molecule has 1 aliphatic carbocycles. The first-order chi connectivity index (χ1) is 11.9. The van der Waals surface area contributed by atoms with Crippen LogP contribution in [0.2, 0.25) is 0 Å². The van der Waals surface area contributed by atoms with E-state index in [1.165, 1.54) is 12.3 Å². The van der Waals surface area contributed by atoms with Crippen LogP contribution in [0.1, 0.15) is 18.4 Å². The standard InChI is InChI=1S/C17H26FN3O3S.HI/c1-19-16(20-9-10-24-11-12-25(2,22)23)21-13-17(7-8-17)14-5-3-4-6-15(14)18;/h3-6H,7-13H2,1-2H3,(H2,19,20,21);1H. The Hall–Kier alpha value is -0.940. The van der Waals surface area contributed by atoms with Gasteiger partial charge in [-0.2, -0.15) is 0 Å². The summed E-state index contributed by atoms with van der Waals surface area (Å²) in [6, 6.07) is 6.90. The van der Waals surface area contributed by atoms with Crippen LogP contribution < -0.4 is 10.6 Å². The fraction of sp³-hybridized carbons (Fsp3) is 0.588. The van der Waals surface area contributed by atoms with Crippen molar-refractivity contribution < 1.29 is 17.5 Å². The van der Waals surface area contributed by atoms with Crippen molar-refractivity contribution in [2.24, 2.45) is 4.99 Å². The Morgan fingerprint density at radius 2 is 1.96 bits per heavy atom. The van der Waals surface area contributed by atoms with E-state index in [2.05, 4.69) is 15.6 Å². The highest BCUT2D eigenvalue weighted by Crippen LogP contribution is 2.48. The smallest absolute Gasteiger partial charge is 0.191 e. The van der Waals surface area contributed by atoms with E-state index in [0.29, 0.717) is 25.7 Å². The van der Waals surface area contributed by atoms with Gasteiger partial charge in [0.15, 0.2) is 5.96 Å².